The number of imide groups is 1. The lowest BCUT2D eigenvalue weighted by Gasteiger charge is -2.42. The lowest BCUT2D eigenvalue weighted by molar-refractivity contribution is -0.137. The van der Waals surface area contributed by atoms with E-state index in [-0.39, 0.29) is 77.7 Å². The van der Waals surface area contributed by atoms with Crippen LogP contribution in [0.2, 0.25) is 0 Å². The zero-order chi connectivity index (χ0) is 47.2. The highest BCUT2D eigenvalue weighted by atomic mass is 32.1. The summed E-state index contributed by atoms with van der Waals surface area (Å²) in [6, 6.07) is -0.284. The molecule has 3 aromatic heterocycles. The minimum Gasteiger partial charge on any atom is -0.461 e. The number of rotatable bonds is 6. The van der Waals surface area contributed by atoms with Gasteiger partial charge in [0.05, 0.1) is 39.6 Å². The maximum absolute atomic E-state index is 17.7. The summed E-state index contributed by atoms with van der Waals surface area (Å²) in [5, 5.41) is 1.03. The minimum absolute atomic E-state index is 0.0255. The van der Waals surface area contributed by atoms with Crippen molar-refractivity contribution in [1.82, 2.24) is 29.7 Å². The number of carbonyl (C=O) groups is 3. The average Bonchev–Trinajstić information content (AvgIpc) is 3.90. The van der Waals surface area contributed by atoms with Gasteiger partial charge in [0.25, 0.3) is 0 Å². The van der Waals surface area contributed by atoms with Crippen molar-refractivity contribution in [2.45, 2.75) is 141 Å². The number of carbonyl (C=O) groups excluding carboxylic acids is 3. The van der Waals surface area contributed by atoms with E-state index in [0.29, 0.717) is 30.7 Å². The maximum atomic E-state index is 17.7. The highest BCUT2D eigenvalue weighted by Crippen LogP contribution is 2.47. The monoisotopic (exact) mass is 932 g/mol. The van der Waals surface area contributed by atoms with Gasteiger partial charge in [-0.1, -0.05) is 0 Å². The molecule has 0 N–H and O–H groups in total. The molecule has 4 fully saturated rings. The Morgan fingerprint density at radius 3 is 2.11 bits per heavy atom. The first-order valence-corrected chi connectivity index (χ1v) is 22.5. The van der Waals surface area contributed by atoms with Crippen molar-refractivity contribution in [3.63, 3.8) is 0 Å². The van der Waals surface area contributed by atoms with Gasteiger partial charge in [0, 0.05) is 47.9 Å². The van der Waals surface area contributed by atoms with Gasteiger partial charge in [0.2, 0.25) is 5.95 Å². The molecule has 4 saturated heterocycles. The first kappa shape index (κ1) is 46.4. The van der Waals surface area contributed by atoms with Gasteiger partial charge in [-0.15, -0.1) is 16.2 Å². The largest absolute Gasteiger partial charge is 0.461 e. The molecule has 352 valence electrons. The van der Waals surface area contributed by atoms with E-state index in [2.05, 4.69) is 19.9 Å². The third kappa shape index (κ3) is 9.31. The molecule has 4 atom stereocenters. The van der Waals surface area contributed by atoms with Crippen LogP contribution in [0, 0.1) is 5.82 Å². The predicted molar refractivity (Wildman–Crippen MR) is 231 cm³/mol. The van der Waals surface area contributed by atoms with Crippen molar-refractivity contribution >= 4 is 62.5 Å². The van der Waals surface area contributed by atoms with Gasteiger partial charge >= 0.3 is 30.5 Å². The van der Waals surface area contributed by atoms with Crippen LogP contribution in [-0.2, 0) is 20.4 Å². The molecule has 0 aliphatic carbocycles. The second kappa shape index (κ2) is 16.3. The normalized spacial score (nSPS) is 22.7. The van der Waals surface area contributed by atoms with E-state index in [1.807, 2.05) is 4.90 Å². The highest BCUT2D eigenvalue weighted by Gasteiger charge is 2.50. The van der Waals surface area contributed by atoms with Crippen molar-refractivity contribution < 1.29 is 55.3 Å². The van der Waals surface area contributed by atoms with Crippen LogP contribution in [0.4, 0.5) is 48.1 Å². The number of hydrogen-bond donors (Lipinski definition) is 0. The number of nitrogens with zero attached hydrogens (tertiary/aromatic N) is 8. The molecule has 4 aromatic rings. The number of anilines is 2. The Labute approximate surface area is 376 Å². The standard InChI is InChI=1S/C44H53F5N8O7S/c1-40(2,3)62-37(58)56-24-11-12-25(56)20-54(19-24)34-26-15-28(44(47,48)49)30(31(46)33(26)52-36(53-34)61-22-43-13-10-14-55(43)18-23(45)16-43)27-21-65-29-17-50-35(51-32(27)29)57(38(59)63-41(4,5)6)39(60)64-42(7,8)9/h15,17,21,23-25H,10-14,16,18-20,22H2,1-9H3/t23-,24?,25?,43+/m1/s1. The summed E-state index contributed by atoms with van der Waals surface area (Å²) in [5.74, 6) is -1.97. The fourth-order valence-corrected chi connectivity index (χ4v) is 10.1. The molecule has 0 spiro atoms. The van der Waals surface area contributed by atoms with Gasteiger partial charge in [-0.05, 0) is 101 Å². The SMILES string of the molecule is CC(C)(C)OC(=O)N(C(=O)OC(C)(C)C)c1ncc2scc(-c3c(C(F)(F)F)cc4c(N5CC6CCC(C5)N6C(=O)OC(C)(C)C)nc(OC[C@@]56CCCN5C[C@H](F)C6)nc4c3F)c2n1. The molecular formula is C44H53F5N8O7S. The van der Waals surface area contributed by atoms with Crippen LogP contribution in [0.25, 0.3) is 32.2 Å². The number of thiophene rings is 1. The van der Waals surface area contributed by atoms with Gasteiger partial charge in [-0.3, -0.25) is 9.80 Å². The Morgan fingerprint density at radius 1 is 0.877 bits per heavy atom. The number of alkyl halides is 4. The van der Waals surface area contributed by atoms with E-state index in [4.69, 9.17) is 18.9 Å². The van der Waals surface area contributed by atoms with Gasteiger partial charge in [0.15, 0.2) is 5.82 Å². The van der Waals surface area contributed by atoms with Crippen LogP contribution < -0.4 is 14.5 Å². The summed E-state index contributed by atoms with van der Waals surface area (Å²) >= 11 is 0.919. The fourth-order valence-electron chi connectivity index (χ4n) is 9.28. The Kier molecular flexibility index (Phi) is 11.6. The molecule has 4 aliphatic heterocycles. The van der Waals surface area contributed by atoms with Gasteiger partial charge < -0.3 is 23.8 Å². The number of amides is 3. The number of halogens is 5. The van der Waals surface area contributed by atoms with Crippen LogP contribution >= 0.6 is 11.3 Å². The summed E-state index contributed by atoms with van der Waals surface area (Å²) in [6.45, 7) is 15.8. The van der Waals surface area contributed by atoms with E-state index in [1.165, 1.54) is 11.6 Å². The van der Waals surface area contributed by atoms with Crippen LogP contribution in [-0.4, -0.2) is 121 Å². The predicted octanol–water partition coefficient (Wildman–Crippen LogP) is 9.68. The summed E-state index contributed by atoms with van der Waals surface area (Å²) in [4.78, 5) is 63.9. The number of hydrogen-bond acceptors (Lipinski definition) is 14. The second-order valence-electron chi connectivity index (χ2n) is 20.2. The molecule has 2 unspecified atom stereocenters. The molecule has 0 saturated carbocycles. The molecule has 7 heterocycles. The van der Waals surface area contributed by atoms with Gasteiger partial charge in [0.1, 0.15) is 40.9 Å². The Bertz CT molecular complexity index is 2500. The summed E-state index contributed by atoms with van der Waals surface area (Å²) in [7, 11) is 0. The van der Waals surface area contributed by atoms with Gasteiger partial charge in [-0.2, -0.15) is 23.1 Å². The molecule has 0 radical (unpaired) electrons. The van der Waals surface area contributed by atoms with Crippen molar-refractivity contribution in [3.05, 3.63) is 29.0 Å². The minimum atomic E-state index is -5.15. The van der Waals surface area contributed by atoms with E-state index >= 15 is 17.6 Å². The molecule has 15 nitrogen and oxygen atoms in total. The molecule has 21 heteroatoms. The first-order chi connectivity index (χ1) is 30.2. The summed E-state index contributed by atoms with van der Waals surface area (Å²) in [6.07, 6.45) is -5.09. The first-order valence-electron chi connectivity index (χ1n) is 21.6. The zero-order valence-corrected chi connectivity index (χ0v) is 38.6. The number of fused-ring (bicyclic) bond motifs is 5. The topological polar surface area (TPSA) is 153 Å². The number of piperazine rings is 1. The van der Waals surface area contributed by atoms with Crippen LogP contribution in [0.3, 0.4) is 0 Å². The lowest BCUT2D eigenvalue weighted by atomic mass is 9.95. The van der Waals surface area contributed by atoms with Crippen molar-refractivity contribution in [2.24, 2.45) is 0 Å². The molecule has 65 heavy (non-hydrogen) atoms. The van der Waals surface area contributed by atoms with E-state index in [9.17, 15) is 18.8 Å². The summed E-state index contributed by atoms with van der Waals surface area (Å²) < 4.78 is 102. The quantitative estimate of drug-likeness (QED) is 0.133. The van der Waals surface area contributed by atoms with Crippen molar-refractivity contribution in [1.29, 1.82) is 0 Å². The molecule has 1 aromatic carbocycles. The smallest absolute Gasteiger partial charge is 0.427 e. The summed E-state index contributed by atoms with van der Waals surface area (Å²) in [5.41, 5.74) is -6.88. The van der Waals surface area contributed by atoms with E-state index in [1.54, 1.807) is 72.1 Å². The Hall–Kier alpha value is -5.18. The number of aromatic nitrogens is 4. The van der Waals surface area contributed by atoms with Crippen molar-refractivity contribution in [2.75, 3.05) is 42.6 Å². The Morgan fingerprint density at radius 2 is 1.51 bits per heavy atom. The van der Waals surface area contributed by atoms with Crippen LogP contribution in [0.15, 0.2) is 17.6 Å². The molecule has 8 rings (SSSR count). The molecule has 3 amide bonds. The third-order valence-corrected chi connectivity index (χ3v) is 12.6. The average molecular weight is 933 g/mol. The fraction of sp³-hybridized carbons (Fsp3) is 0.614. The number of ether oxygens (including phenoxy) is 4. The van der Waals surface area contributed by atoms with E-state index in [0.717, 1.165) is 23.8 Å². The van der Waals surface area contributed by atoms with Crippen LogP contribution in [0.5, 0.6) is 6.01 Å². The number of benzene rings is 1. The Balaban J connectivity index is 1.27. The third-order valence-electron chi connectivity index (χ3n) is 11.7. The lowest BCUT2D eigenvalue weighted by Crippen LogP contribution is -2.57. The highest BCUT2D eigenvalue weighted by molar-refractivity contribution is 7.17. The molecule has 2 bridgehead atoms. The molecular weight excluding hydrogens is 880 g/mol. The maximum Gasteiger partial charge on any atom is 0.427 e. The van der Waals surface area contributed by atoms with Gasteiger partial charge in [-0.25, -0.2) is 33.1 Å². The van der Waals surface area contributed by atoms with E-state index < -0.39 is 81.4 Å². The van der Waals surface area contributed by atoms with Crippen molar-refractivity contribution in [3.8, 4) is 17.1 Å². The second-order valence-corrected chi connectivity index (χ2v) is 21.1. The van der Waals surface area contributed by atoms with Crippen LogP contribution in [0.1, 0.15) is 100.0 Å². The molecule has 4 aliphatic rings. The zero-order valence-electron chi connectivity index (χ0n) is 37.8.